The molecule has 0 amide bonds. The number of hydrogen-bond donors (Lipinski definition) is 2. The molecule has 166 valence electrons. The lowest BCUT2D eigenvalue weighted by molar-refractivity contribution is 0.0606. The number of halogens is 2. The van der Waals surface area contributed by atoms with Crippen molar-refractivity contribution in [3.05, 3.63) is 30.0 Å². The van der Waals surface area contributed by atoms with Crippen LogP contribution in [0.2, 0.25) is 0 Å². The number of methoxy groups -OCH3 is 2. The maximum absolute atomic E-state index is 14.2. The minimum absolute atomic E-state index is 0.0769. The zero-order chi connectivity index (χ0) is 22.0. The summed E-state index contributed by atoms with van der Waals surface area (Å²) in [6.07, 6.45) is 0.948. The van der Waals surface area contributed by atoms with Crippen LogP contribution in [-0.2, 0) is 6.54 Å². The van der Waals surface area contributed by atoms with E-state index in [1.165, 1.54) is 18.1 Å². The van der Waals surface area contributed by atoms with Crippen molar-refractivity contribution in [1.82, 2.24) is 19.5 Å². The summed E-state index contributed by atoms with van der Waals surface area (Å²) in [6, 6.07) is 5.48. The first kappa shape index (κ1) is 21.6. The second-order valence-corrected chi connectivity index (χ2v) is 8.62. The van der Waals surface area contributed by atoms with Crippen LogP contribution in [0.5, 0.6) is 11.5 Å². The fourth-order valence-electron chi connectivity index (χ4n) is 3.94. The van der Waals surface area contributed by atoms with E-state index in [4.69, 9.17) is 14.9 Å². The van der Waals surface area contributed by atoms with Crippen LogP contribution < -0.4 is 15.0 Å². The monoisotopic (exact) mass is 449 g/mol. The number of alkyl halides is 2. The van der Waals surface area contributed by atoms with Gasteiger partial charge in [-0.3, -0.25) is 5.41 Å². The summed E-state index contributed by atoms with van der Waals surface area (Å²) < 4.78 is 40.5. The number of H-pyrrole nitrogens is 1. The Balaban J connectivity index is 1.59. The number of hydrogen-bond acceptors (Lipinski definition) is 6. The van der Waals surface area contributed by atoms with E-state index in [-0.39, 0.29) is 11.4 Å². The lowest BCUT2D eigenvalue weighted by atomic mass is 9.84. The topological polar surface area (TPSA) is 88.8 Å². The molecule has 3 atom stereocenters. The van der Waals surface area contributed by atoms with Crippen LogP contribution in [-0.4, -0.2) is 46.1 Å². The molecule has 4 rings (SSSR count). The first-order valence-electron chi connectivity index (χ1n) is 10.2. The van der Waals surface area contributed by atoms with E-state index in [1.807, 2.05) is 18.2 Å². The third-order valence-electron chi connectivity index (χ3n) is 5.67. The average Bonchev–Trinajstić information content (AvgIpc) is 3.20. The Hall–Kier alpha value is -2.62. The molecule has 2 aromatic heterocycles. The number of aromatic amines is 1. The van der Waals surface area contributed by atoms with Gasteiger partial charge in [0.15, 0.2) is 16.3 Å². The summed E-state index contributed by atoms with van der Waals surface area (Å²) in [4.78, 5) is 12.7. The van der Waals surface area contributed by atoms with Gasteiger partial charge in [0.1, 0.15) is 29.4 Å². The van der Waals surface area contributed by atoms with E-state index in [1.54, 1.807) is 18.8 Å². The molecule has 0 radical (unpaired) electrons. The van der Waals surface area contributed by atoms with Gasteiger partial charge >= 0.3 is 0 Å². The molecule has 1 aliphatic carbocycles. The molecule has 1 fully saturated rings. The number of ether oxygens (including phenoxy) is 2. The summed E-state index contributed by atoms with van der Waals surface area (Å²) in [5, 5.41) is 8.69. The fraction of sp³-hybridized carbons (Fsp3) is 0.476. The zero-order valence-corrected chi connectivity index (χ0v) is 18.2. The molecule has 7 nitrogen and oxygen atoms in total. The van der Waals surface area contributed by atoms with Crippen molar-refractivity contribution >= 4 is 22.9 Å². The highest BCUT2D eigenvalue weighted by molar-refractivity contribution is 7.99. The number of aromatic nitrogens is 4. The van der Waals surface area contributed by atoms with Gasteiger partial charge in [-0.05, 0) is 55.1 Å². The van der Waals surface area contributed by atoms with Gasteiger partial charge in [-0.1, -0.05) is 6.42 Å². The SMILES string of the molecule is COc1ccc(OC)c(Sc2nc3c([nH]2)c(=N)ncn3CCC2CCCC(F)C2F)c1. The van der Waals surface area contributed by atoms with Gasteiger partial charge in [0.2, 0.25) is 0 Å². The van der Waals surface area contributed by atoms with Crippen molar-refractivity contribution in [3.63, 3.8) is 0 Å². The quantitative estimate of drug-likeness (QED) is 0.562. The standard InChI is InChI=1S/C21H25F2N5O2S/c1-29-13-6-7-15(30-2)16(10-13)31-21-26-18-19(24)25-11-28(20(18)27-21)9-8-12-4-3-5-14(22)17(12)23/h6-7,10-12,14,17,24H,3-5,8-9H2,1-2H3,(H,26,27). The van der Waals surface area contributed by atoms with Crippen molar-refractivity contribution < 1.29 is 18.3 Å². The molecule has 2 N–H and O–H groups in total. The molecule has 31 heavy (non-hydrogen) atoms. The van der Waals surface area contributed by atoms with Gasteiger partial charge in [0.05, 0.1) is 25.4 Å². The molecule has 1 saturated carbocycles. The van der Waals surface area contributed by atoms with E-state index in [9.17, 15) is 8.78 Å². The maximum Gasteiger partial charge on any atom is 0.173 e. The molecule has 0 aliphatic heterocycles. The van der Waals surface area contributed by atoms with Crippen molar-refractivity contribution in [3.8, 4) is 11.5 Å². The van der Waals surface area contributed by atoms with E-state index in [0.29, 0.717) is 60.0 Å². The number of benzene rings is 1. The molecular formula is C21H25F2N5O2S. The van der Waals surface area contributed by atoms with Crippen LogP contribution in [0.25, 0.3) is 11.2 Å². The van der Waals surface area contributed by atoms with Crippen LogP contribution in [0.15, 0.2) is 34.6 Å². The van der Waals surface area contributed by atoms with E-state index in [2.05, 4.69) is 15.0 Å². The second kappa shape index (κ2) is 9.25. The predicted molar refractivity (Wildman–Crippen MR) is 113 cm³/mol. The molecule has 0 spiro atoms. The van der Waals surface area contributed by atoms with Crippen LogP contribution in [0.3, 0.4) is 0 Å². The van der Waals surface area contributed by atoms with Crippen molar-refractivity contribution in [1.29, 1.82) is 5.41 Å². The summed E-state index contributed by atoms with van der Waals surface area (Å²) >= 11 is 1.35. The Morgan fingerprint density at radius 1 is 1.26 bits per heavy atom. The highest BCUT2D eigenvalue weighted by Gasteiger charge is 2.33. The number of imidazole rings is 1. The largest absolute Gasteiger partial charge is 0.497 e. The van der Waals surface area contributed by atoms with Crippen LogP contribution in [0.1, 0.15) is 25.7 Å². The Morgan fingerprint density at radius 3 is 2.87 bits per heavy atom. The van der Waals surface area contributed by atoms with Crippen molar-refractivity contribution in [2.24, 2.45) is 5.92 Å². The van der Waals surface area contributed by atoms with E-state index in [0.717, 1.165) is 4.90 Å². The van der Waals surface area contributed by atoms with E-state index >= 15 is 0 Å². The van der Waals surface area contributed by atoms with Crippen LogP contribution in [0.4, 0.5) is 8.78 Å². The molecule has 3 aromatic rings. The molecule has 1 aromatic carbocycles. The lowest BCUT2D eigenvalue weighted by Gasteiger charge is -2.28. The van der Waals surface area contributed by atoms with Gasteiger partial charge in [-0.25, -0.2) is 18.7 Å². The Labute approximate surface area is 182 Å². The van der Waals surface area contributed by atoms with Gasteiger partial charge in [0.25, 0.3) is 0 Å². The molecule has 3 unspecified atom stereocenters. The molecule has 0 bridgehead atoms. The summed E-state index contributed by atoms with van der Waals surface area (Å²) in [6.45, 7) is 0.457. The third kappa shape index (κ3) is 4.53. The number of fused-ring (bicyclic) bond motifs is 1. The Kier molecular flexibility index (Phi) is 6.45. The number of nitrogens with zero attached hydrogens (tertiary/aromatic N) is 3. The minimum atomic E-state index is -1.42. The Morgan fingerprint density at radius 2 is 2.10 bits per heavy atom. The highest BCUT2D eigenvalue weighted by atomic mass is 32.2. The molecular weight excluding hydrogens is 424 g/mol. The van der Waals surface area contributed by atoms with E-state index < -0.39 is 12.3 Å². The predicted octanol–water partition coefficient (Wildman–Crippen LogP) is 4.27. The molecule has 2 heterocycles. The summed E-state index contributed by atoms with van der Waals surface area (Å²) in [7, 11) is 3.19. The van der Waals surface area contributed by atoms with Crippen LogP contribution in [0, 0.1) is 11.3 Å². The average molecular weight is 450 g/mol. The first-order valence-corrected chi connectivity index (χ1v) is 11.0. The smallest absolute Gasteiger partial charge is 0.173 e. The summed E-state index contributed by atoms with van der Waals surface area (Å²) in [5.74, 6) is 1.06. The molecule has 0 saturated heterocycles. The second-order valence-electron chi connectivity index (χ2n) is 7.59. The Bertz CT molecular complexity index is 1120. The number of nitrogens with one attached hydrogen (secondary N) is 2. The maximum atomic E-state index is 14.2. The highest BCUT2D eigenvalue weighted by Crippen LogP contribution is 2.37. The summed E-state index contributed by atoms with van der Waals surface area (Å²) in [5.41, 5.74) is 1.14. The normalized spacial score (nSPS) is 21.4. The zero-order valence-electron chi connectivity index (χ0n) is 17.4. The van der Waals surface area contributed by atoms with Gasteiger partial charge in [0, 0.05) is 6.54 Å². The van der Waals surface area contributed by atoms with Gasteiger partial charge < -0.3 is 19.0 Å². The first-order chi connectivity index (χ1) is 15.0. The molecule has 1 aliphatic rings. The van der Waals surface area contributed by atoms with Crippen molar-refractivity contribution in [2.45, 2.75) is 54.6 Å². The minimum Gasteiger partial charge on any atom is -0.497 e. The van der Waals surface area contributed by atoms with Crippen LogP contribution >= 0.6 is 11.8 Å². The fourth-order valence-corrected chi connectivity index (χ4v) is 4.86. The third-order valence-corrected chi connectivity index (χ3v) is 6.59. The van der Waals surface area contributed by atoms with Gasteiger partial charge in [-0.15, -0.1) is 0 Å². The lowest BCUT2D eigenvalue weighted by Crippen LogP contribution is -2.32. The van der Waals surface area contributed by atoms with Crippen molar-refractivity contribution in [2.75, 3.05) is 14.2 Å². The number of rotatable bonds is 7. The number of aryl methyl sites for hydroxylation is 1. The van der Waals surface area contributed by atoms with Gasteiger partial charge in [-0.2, -0.15) is 0 Å². The molecule has 10 heteroatoms.